The molecule has 2 unspecified atom stereocenters. The van der Waals surface area contributed by atoms with Crippen molar-refractivity contribution in [3.8, 4) is 0 Å². The van der Waals surface area contributed by atoms with Crippen LogP contribution >= 0.6 is 23.5 Å². The quantitative estimate of drug-likeness (QED) is 0.498. The van der Waals surface area contributed by atoms with Crippen LogP contribution < -0.4 is 0 Å². The predicted octanol–water partition coefficient (Wildman–Crippen LogP) is 4.31. The first-order valence-electron chi connectivity index (χ1n) is 12.5. The summed E-state index contributed by atoms with van der Waals surface area (Å²) in [6.07, 6.45) is 4.73. The van der Waals surface area contributed by atoms with Gasteiger partial charge in [0.05, 0.1) is 22.8 Å². The standard InChI is InChI=1S/2C9H16N2OS.3C2H6/c2*1-10-5-3-4-9(7-10)11(2)6-8(12)13-9;3*1-2/h2*3-7H2,1-2H3;3*1-2H3. The Bertz CT molecular complexity index is 518. The fraction of sp³-hybridized carbons (Fsp3) is 0.917. The summed E-state index contributed by atoms with van der Waals surface area (Å²) < 4.78 is 0. The summed E-state index contributed by atoms with van der Waals surface area (Å²) >= 11 is 3.09. The molecule has 4 fully saturated rings. The maximum absolute atomic E-state index is 11.3. The predicted molar refractivity (Wildman–Crippen MR) is 143 cm³/mol. The van der Waals surface area contributed by atoms with Crippen LogP contribution in [0.25, 0.3) is 0 Å². The number of hydrogen-bond donors (Lipinski definition) is 0. The highest BCUT2D eigenvalue weighted by Gasteiger charge is 2.46. The highest BCUT2D eigenvalue weighted by atomic mass is 32.2. The fourth-order valence-corrected chi connectivity index (χ4v) is 7.39. The number of hydrogen-bond acceptors (Lipinski definition) is 8. The maximum Gasteiger partial charge on any atom is 0.204 e. The summed E-state index contributed by atoms with van der Waals surface area (Å²) in [6, 6.07) is 0. The summed E-state index contributed by atoms with van der Waals surface area (Å²) in [5.41, 5.74) is 0. The van der Waals surface area contributed by atoms with Crippen molar-refractivity contribution in [3.05, 3.63) is 0 Å². The highest BCUT2D eigenvalue weighted by Crippen LogP contribution is 2.42. The number of likely N-dealkylation sites (N-methyl/N-ethyl adjacent to an activating group) is 4. The Hall–Kier alpha value is -0.120. The van der Waals surface area contributed by atoms with E-state index in [2.05, 4.69) is 47.8 Å². The molecule has 0 saturated carbocycles. The molecule has 2 atom stereocenters. The summed E-state index contributed by atoms with van der Waals surface area (Å²) in [7, 11) is 8.41. The van der Waals surface area contributed by atoms with Gasteiger partial charge in [-0.25, -0.2) is 0 Å². The Morgan fingerprint density at radius 3 is 1.16 bits per heavy atom. The largest absolute Gasteiger partial charge is 0.304 e. The van der Waals surface area contributed by atoms with Gasteiger partial charge in [-0.05, 0) is 67.0 Å². The molecule has 6 nitrogen and oxygen atoms in total. The third-order valence-corrected chi connectivity index (χ3v) is 8.74. The minimum atomic E-state index is 0.101. The second-order valence-electron chi connectivity index (χ2n) is 8.24. The van der Waals surface area contributed by atoms with Crippen LogP contribution in [-0.2, 0) is 9.59 Å². The van der Waals surface area contributed by atoms with Gasteiger partial charge in [0.25, 0.3) is 0 Å². The van der Waals surface area contributed by atoms with E-state index in [9.17, 15) is 9.59 Å². The molecule has 2 spiro atoms. The van der Waals surface area contributed by atoms with Crippen molar-refractivity contribution >= 4 is 33.8 Å². The van der Waals surface area contributed by atoms with Gasteiger partial charge in [0.1, 0.15) is 0 Å². The Morgan fingerprint density at radius 1 is 0.625 bits per heavy atom. The van der Waals surface area contributed by atoms with E-state index >= 15 is 0 Å². The van der Waals surface area contributed by atoms with E-state index in [-0.39, 0.29) is 9.74 Å². The van der Waals surface area contributed by atoms with Crippen molar-refractivity contribution in [2.24, 2.45) is 0 Å². The Labute approximate surface area is 207 Å². The molecule has 4 saturated heterocycles. The number of piperidine rings is 2. The molecule has 0 aliphatic carbocycles. The van der Waals surface area contributed by atoms with Crippen LogP contribution in [0.1, 0.15) is 67.2 Å². The van der Waals surface area contributed by atoms with E-state index in [1.807, 2.05) is 41.5 Å². The molecule has 0 aromatic carbocycles. The van der Waals surface area contributed by atoms with Crippen LogP contribution in [0.5, 0.6) is 0 Å². The molecule has 32 heavy (non-hydrogen) atoms. The number of rotatable bonds is 0. The van der Waals surface area contributed by atoms with Crippen molar-refractivity contribution in [1.82, 2.24) is 19.6 Å². The molecule has 0 amide bonds. The first kappa shape index (κ1) is 31.9. The SMILES string of the molecule is CC.CC.CC.CN1CCCC2(C1)SC(=O)CN2C.CN1CCCC2(C1)SC(=O)CN2C. The summed E-state index contributed by atoms with van der Waals surface area (Å²) in [5, 5.41) is 0.663. The van der Waals surface area contributed by atoms with Crippen molar-refractivity contribution in [2.45, 2.75) is 77.0 Å². The molecule has 0 aromatic rings. The average Bonchev–Trinajstić information content (AvgIpc) is 3.19. The molecule has 4 heterocycles. The van der Waals surface area contributed by atoms with Gasteiger partial charge in [0.2, 0.25) is 10.2 Å². The van der Waals surface area contributed by atoms with Crippen LogP contribution in [0.4, 0.5) is 0 Å². The normalized spacial score (nSPS) is 31.1. The smallest absolute Gasteiger partial charge is 0.204 e. The average molecular weight is 491 g/mol. The van der Waals surface area contributed by atoms with E-state index in [1.165, 1.54) is 25.9 Å². The van der Waals surface area contributed by atoms with Crippen molar-refractivity contribution in [2.75, 3.05) is 67.5 Å². The molecule has 190 valence electrons. The van der Waals surface area contributed by atoms with Gasteiger partial charge in [-0.3, -0.25) is 19.4 Å². The molecule has 0 N–H and O–H groups in total. The maximum atomic E-state index is 11.3. The lowest BCUT2D eigenvalue weighted by Gasteiger charge is -2.41. The molecule has 0 bridgehead atoms. The van der Waals surface area contributed by atoms with Gasteiger partial charge in [-0.15, -0.1) is 0 Å². The minimum absolute atomic E-state index is 0.101. The van der Waals surface area contributed by atoms with Gasteiger partial charge >= 0.3 is 0 Å². The van der Waals surface area contributed by atoms with E-state index in [0.717, 1.165) is 25.9 Å². The first-order chi connectivity index (χ1) is 15.2. The second-order valence-corrected chi connectivity index (χ2v) is 11.1. The number of carbonyl (C=O) groups excluding carboxylic acids is 2. The van der Waals surface area contributed by atoms with E-state index < -0.39 is 0 Å². The van der Waals surface area contributed by atoms with E-state index in [0.29, 0.717) is 23.3 Å². The molecule has 4 rings (SSSR count). The van der Waals surface area contributed by atoms with Crippen LogP contribution in [0.15, 0.2) is 0 Å². The van der Waals surface area contributed by atoms with Gasteiger partial charge in [0, 0.05) is 13.1 Å². The zero-order valence-electron chi connectivity index (χ0n) is 22.5. The third-order valence-electron chi connectivity index (χ3n) is 5.98. The molecular weight excluding hydrogens is 440 g/mol. The van der Waals surface area contributed by atoms with E-state index in [1.54, 1.807) is 23.5 Å². The van der Waals surface area contributed by atoms with Crippen LogP contribution in [0.3, 0.4) is 0 Å². The second kappa shape index (κ2) is 15.7. The third kappa shape index (κ3) is 8.58. The van der Waals surface area contributed by atoms with Crippen molar-refractivity contribution in [1.29, 1.82) is 0 Å². The highest BCUT2D eigenvalue weighted by molar-refractivity contribution is 8.15. The number of carbonyl (C=O) groups is 2. The fourth-order valence-electron chi connectivity index (χ4n) is 4.52. The summed E-state index contributed by atoms with van der Waals surface area (Å²) in [5.74, 6) is 0. The Balaban J connectivity index is 0.000000488. The lowest BCUT2D eigenvalue weighted by atomic mass is 10.0. The zero-order chi connectivity index (χ0) is 24.9. The van der Waals surface area contributed by atoms with Gasteiger partial charge in [-0.2, -0.15) is 0 Å². The van der Waals surface area contributed by atoms with E-state index in [4.69, 9.17) is 0 Å². The first-order valence-corrected chi connectivity index (χ1v) is 14.1. The monoisotopic (exact) mass is 490 g/mol. The minimum Gasteiger partial charge on any atom is -0.304 e. The topological polar surface area (TPSA) is 47.1 Å². The lowest BCUT2D eigenvalue weighted by Crippen LogP contribution is -2.51. The van der Waals surface area contributed by atoms with Crippen molar-refractivity contribution in [3.63, 3.8) is 0 Å². The Kier molecular flexibility index (Phi) is 15.7. The lowest BCUT2D eigenvalue weighted by molar-refractivity contribution is -0.111. The van der Waals surface area contributed by atoms with Crippen LogP contribution in [0.2, 0.25) is 0 Å². The molecule has 4 aliphatic heterocycles. The van der Waals surface area contributed by atoms with Crippen LogP contribution in [0, 0.1) is 0 Å². The van der Waals surface area contributed by atoms with Gasteiger partial charge in [0.15, 0.2) is 0 Å². The number of likely N-dealkylation sites (tertiary alicyclic amines) is 2. The number of nitrogens with zero attached hydrogens (tertiary/aromatic N) is 4. The van der Waals surface area contributed by atoms with Gasteiger partial charge in [-0.1, -0.05) is 65.1 Å². The number of thioether (sulfide) groups is 2. The van der Waals surface area contributed by atoms with Gasteiger partial charge < -0.3 is 9.80 Å². The zero-order valence-corrected chi connectivity index (χ0v) is 24.1. The molecular formula is C24H50N4O2S2. The molecule has 8 heteroatoms. The molecule has 0 aromatic heterocycles. The molecule has 0 radical (unpaired) electrons. The Morgan fingerprint density at radius 2 is 0.938 bits per heavy atom. The summed E-state index contributed by atoms with van der Waals surface area (Å²) in [6.45, 7) is 17.6. The molecule has 4 aliphatic rings. The van der Waals surface area contributed by atoms with Crippen LogP contribution in [-0.4, -0.2) is 107 Å². The van der Waals surface area contributed by atoms with Crippen molar-refractivity contribution < 1.29 is 9.59 Å². The summed E-state index contributed by atoms with van der Waals surface area (Å²) in [4.78, 5) is 32.0.